The Morgan fingerprint density at radius 2 is 1.80 bits per heavy atom. The van der Waals surface area contributed by atoms with Crippen molar-refractivity contribution in [2.24, 2.45) is 0 Å². The number of halogens is 2. The number of hydrogen-bond acceptors (Lipinski definition) is 4. The van der Waals surface area contributed by atoms with Gasteiger partial charge >= 0.3 is 5.97 Å². The number of hydrogen-bond donors (Lipinski definition) is 2. The van der Waals surface area contributed by atoms with Crippen LogP contribution in [0.15, 0.2) is 30.3 Å². The summed E-state index contributed by atoms with van der Waals surface area (Å²) in [5.41, 5.74) is 2.53. The number of ether oxygens (including phenoxy) is 2. The van der Waals surface area contributed by atoms with Gasteiger partial charge < -0.3 is 14.6 Å². The van der Waals surface area contributed by atoms with E-state index < -0.39 is 18.1 Å². The fourth-order valence-electron chi connectivity index (χ4n) is 3.10. The SMILES string of the molecule is COc1cc2c(cc1OC)C(c1ccc(Cl)cc1Cl)NC(C(=O)O)C2. The van der Waals surface area contributed by atoms with Crippen molar-refractivity contribution in [1.82, 2.24) is 5.32 Å². The van der Waals surface area contributed by atoms with E-state index in [-0.39, 0.29) is 0 Å². The standard InChI is InChI=1S/C18H17Cl2NO4/c1-24-15-6-9-5-14(18(22)23)21-17(12(9)8-16(15)25-2)11-4-3-10(19)7-13(11)20/h3-4,6-8,14,17,21H,5H2,1-2H3,(H,22,23). The molecule has 0 amide bonds. The minimum Gasteiger partial charge on any atom is -0.493 e. The molecular formula is C18H17Cl2NO4. The van der Waals surface area contributed by atoms with Gasteiger partial charge in [-0.25, -0.2) is 0 Å². The molecule has 5 nitrogen and oxygen atoms in total. The number of rotatable bonds is 4. The Hall–Kier alpha value is -1.95. The quantitative estimate of drug-likeness (QED) is 0.844. The first kappa shape index (κ1) is 17.9. The second-order valence-corrected chi connectivity index (χ2v) is 6.61. The van der Waals surface area contributed by atoms with Gasteiger partial charge in [-0.15, -0.1) is 0 Å². The van der Waals surface area contributed by atoms with Crippen LogP contribution in [0.3, 0.4) is 0 Å². The van der Waals surface area contributed by atoms with Gasteiger partial charge in [0, 0.05) is 10.0 Å². The molecular weight excluding hydrogens is 365 g/mol. The van der Waals surface area contributed by atoms with Crippen LogP contribution in [0.5, 0.6) is 11.5 Å². The van der Waals surface area contributed by atoms with E-state index in [1.54, 1.807) is 32.4 Å². The lowest BCUT2D eigenvalue weighted by Gasteiger charge is -2.32. The first-order valence-electron chi connectivity index (χ1n) is 7.63. The number of methoxy groups -OCH3 is 2. The molecule has 0 aromatic heterocycles. The second-order valence-electron chi connectivity index (χ2n) is 5.77. The average Bonchev–Trinajstić information content (AvgIpc) is 2.59. The molecule has 0 spiro atoms. The highest BCUT2D eigenvalue weighted by Crippen LogP contribution is 2.40. The maximum absolute atomic E-state index is 11.6. The van der Waals surface area contributed by atoms with Crippen molar-refractivity contribution in [3.63, 3.8) is 0 Å². The fourth-order valence-corrected chi connectivity index (χ4v) is 3.62. The lowest BCUT2D eigenvalue weighted by molar-refractivity contribution is -0.139. The Labute approximate surface area is 155 Å². The summed E-state index contributed by atoms with van der Waals surface area (Å²) in [6.07, 6.45) is 0.340. The number of aliphatic carboxylic acids is 1. The number of nitrogens with one attached hydrogen (secondary N) is 1. The predicted molar refractivity (Wildman–Crippen MR) is 96.1 cm³/mol. The number of carbonyl (C=O) groups is 1. The second kappa shape index (κ2) is 7.12. The Balaban J connectivity index is 2.17. The van der Waals surface area contributed by atoms with Gasteiger partial charge in [-0.1, -0.05) is 29.3 Å². The van der Waals surface area contributed by atoms with Gasteiger partial charge in [0.15, 0.2) is 11.5 Å². The zero-order valence-electron chi connectivity index (χ0n) is 13.7. The summed E-state index contributed by atoms with van der Waals surface area (Å²) >= 11 is 12.3. The molecule has 7 heteroatoms. The fraction of sp³-hybridized carbons (Fsp3) is 0.278. The van der Waals surface area contributed by atoms with Gasteiger partial charge in [-0.3, -0.25) is 10.1 Å². The van der Waals surface area contributed by atoms with Gasteiger partial charge in [0.25, 0.3) is 0 Å². The smallest absolute Gasteiger partial charge is 0.321 e. The van der Waals surface area contributed by atoms with Crippen molar-refractivity contribution in [2.75, 3.05) is 14.2 Å². The summed E-state index contributed by atoms with van der Waals surface area (Å²) in [4.78, 5) is 11.6. The summed E-state index contributed by atoms with van der Waals surface area (Å²) in [5.74, 6) is 0.218. The lowest BCUT2D eigenvalue weighted by Crippen LogP contribution is -2.45. The maximum atomic E-state index is 11.6. The molecule has 0 saturated carbocycles. The third-order valence-corrected chi connectivity index (χ3v) is 4.88. The molecule has 2 unspecified atom stereocenters. The van der Waals surface area contributed by atoms with Crippen LogP contribution >= 0.6 is 23.2 Å². The van der Waals surface area contributed by atoms with Gasteiger partial charge in [-0.05, 0) is 47.4 Å². The van der Waals surface area contributed by atoms with Crippen molar-refractivity contribution in [2.45, 2.75) is 18.5 Å². The van der Waals surface area contributed by atoms with Gasteiger partial charge in [0.05, 0.1) is 20.3 Å². The summed E-state index contributed by atoms with van der Waals surface area (Å²) in [5, 5.41) is 13.6. The summed E-state index contributed by atoms with van der Waals surface area (Å²) in [6, 6.07) is 7.72. The minimum absolute atomic E-state index is 0.340. The van der Waals surface area contributed by atoms with E-state index in [0.717, 1.165) is 16.7 Å². The monoisotopic (exact) mass is 381 g/mol. The number of carboxylic acids is 1. The Kier molecular flexibility index (Phi) is 5.08. The van der Waals surface area contributed by atoms with Crippen molar-refractivity contribution < 1.29 is 19.4 Å². The Morgan fingerprint density at radius 3 is 2.40 bits per heavy atom. The van der Waals surface area contributed by atoms with E-state index in [4.69, 9.17) is 32.7 Å². The van der Waals surface area contributed by atoms with Crippen LogP contribution in [0.4, 0.5) is 0 Å². The predicted octanol–water partition coefficient (Wildman–Crippen LogP) is 3.70. The highest BCUT2D eigenvalue weighted by Gasteiger charge is 2.33. The van der Waals surface area contributed by atoms with E-state index in [9.17, 15) is 9.90 Å². The first-order chi connectivity index (χ1) is 11.9. The molecule has 2 aromatic rings. The van der Waals surface area contributed by atoms with Crippen LogP contribution in [0.1, 0.15) is 22.7 Å². The number of benzene rings is 2. The molecule has 0 saturated heterocycles. The first-order valence-corrected chi connectivity index (χ1v) is 8.38. The molecule has 2 aromatic carbocycles. The van der Waals surface area contributed by atoms with E-state index in [1.807, 2.05) is 12.1 Å². The lowest BCUT2D eigenvalue weighted by atomic mass is 9.86. The molecule has 0 radical (unpaired) electrons. The van der Waals surface area contributed by atoms with Crippen molar-refractivity contribution >= 4 is 29.2 Å². The van der Waals surface area contributed by atoms with Crippen LogP contribution in [0, 0.1) is 0 Å². The third-order valence-electron chi connectivity index (χ3n) is 4.32. The minimum atomic E-state index is -0.921. The normalized spacial score (nSPS) is 19.2. The average molecular weight is 382 g/mol. The Bertz CT molecular complexity index is 825. The van der Waals surface area contributed by atoms with Crippen molar-refractivity contribution in [1.29, 1.82) is 0 Å². The number of carboxylic acid groups (broad SMARTS) is 1. The summed E-state index contributed by atoms with van der Waals surface area (Å²) < 4.78 is 10.7. The van der Waals surface area contributed by atoms with E-state index >= 15 is 0 Å². The third kappa shape index (κ3) is 3.40. The molecule has 2 atom stereocenters. The topological polar surface area (TPSA) is 67.8 Å². The van der Waals surface area contributed by atoms with E-state index in [2.05, 4.69) is 5.32 Å². The van der Waals surface area contributed by atoms with Crippen molar-refractivity contribution in [3.8, 4) is 11.5 Å². The van der Waals surface area contributed by atoms with Gasteiger partial charge in [-0.2, -0.15) is 0 Å². The van der Waals surface area contributed by atoms with Crippen LogP contribution in [-0.2, 0) is 11.2 Å². The summed E-state index contributed by atoms with van der Waals surface area (Å²) in [7, 11) is 3.11. The summed E-state index contributed by atoms with van der Waals surface area (Å²) in [6.45, 7) is 0. The molecule has 1 heterocycles. The molecule has 25 heavy (non-hydrogen) atoms. The molecule has 132 valence electrons. The molecule has 2 N–H and O–H groups in total. The van der Waals surface area contributed by atoms with Crippen LogP contribution < -0.4 is 14.8 Å². The van der Waals surface area contributed by atoms with E-state index in [1.165, 1.54) is 0 Å². The highest BCUT2D eigenvalue weighted by atomic mass is 35.5. The molecule has 0 bridgehead atoms. The van der Waals surface area contributed by atoms with E-state index in [0.29, 0.717) is 28.0 Å². The molecule has 1 aliphatic rings. The van der Waals surface area contributed by atoms with Crippen LogP contribution in [0.2, 0.25) is 10.0 Å². The molecule has 1 aliphatic heterocycles. The molecule has 0 aliphatic carbocycles. The van der Waals surface area contributed by atoms with Gasteiger partial charge in [0.1, 0.15) is 6.04 Å². The molecule has 3 rings (SSSR count). The Morgan fingerprint density at radius 1 is 1.12 bits per heavy atom. The highest BCUT2D eigenvalue weighted by molar-refractivity contribution is 6.35. The van der Waals surface area contributed by atoms with Gasteiger partial charge in [0.2, 0.25) is 0 Å². The van der Waals surface area contributed by atoms with Crippen LogP contribution in [0.25, 0.3) is 0 Å². The van der Waals surface area contributed by atoms with Crippen molar-refractivity contribution in [3.05, 3.63) is 57.1 Å². The maximum Gasteiger partial charge on any atom is 0.321 e. The zero-order valence-corrected chi connectivity index (χ0v) is 15.2. The van der Waals surface area contributed by atoms with Crippen LogP contribution in [-0.4, -0.2) is 31.3 Å². The zero-order chi connectivity index (χ0) is 18.1. The largest absolute Gasteiger partial charge is 0.493 e. The molecule has 0 fully saturated rings. The number of fused-ring (bicyclic) bond motifs is 1.